The maximum absolute atomic E-state index is 12.0. The molecule has 112 valence electrons. The Hall–Kier alpha value is -2.32. The Morgan fingerprint density at radius 3 is 2.76 bits per heavy atom. The molecule has 0 aromatic heterocycles. The molecule has 0 saturated heterocycles. The van der Waals surface area contributed by atoms with E-state index in [-0.39, 0.29) is 24.8 Å². The summed E-state index contributed by atoms with van der Waals surface area (Å²) in [6, 6.07) is 6.94. The van der Waals surface area contributed by atoms with E-state index in [1.807, 2.05) is 0 Å². The van der Waals surface area contributed by atoms with Crippen molar-refractivity contribution in [3.8, 4) is 11.8 Å². The van der Waals surface area contributed by atoms with E-state index >= 15 is 0 Å². The summed E-state index contributed by atoms with van der Waals surface area (Å²) in [7, 11) is 3.36. The number of aliphatic hydroxyl groups is 1. The van der Waals surface area contributed by atoms with Crippen molar-refractivity contribution >= 4 is 11.8 Å². The van der Waals surface area contributed by atoms with Gasteiger partial charge in [0, 0.05) is 44.6 Å². The Kier molecular flexibility index (Phi) is 6.99. The van der Waals surface area contributed by atoms with Gasteiger partial charge in [0.2, 0.25) is 5.91 Å². The highest BCUT2D eigenvalue weighted by molar-refractivity contribution is 5.94. The van der Waals surface area contributed by atoms with E-state index in [0.29, 0.717) is 18.5 Å². The molecule has 1 aromatic carbocycles. The molecule has 0 aliphatic rings. The van der Waals surface area contributed by atoms with Crippen molar-refractivity contribution in [1.29, 1.82) is 0 Å². The molecule has 1 aromatic rings. The average Bonchev–Trinajstić information content (AvgIpc) is 2.47. The van der Waals surface area contributed by atoms with Gasteiger partial charge in [-0.05, 0) is 18.2 Å². The topological polar surface area (TPSA) is 69.6 Å². The zero-order chi connectivity index (χ0) is 15.7. The highest BCUT2D eigenvalue weighted by Gasteiger charge is 2.07. The van der Waals surface area contributed by atoms with Crippen LogP contribution in [-0.4, -0.2) is 49.1 Å². The fourth-order valence-corrected chi connectivity index (χ4v) is 1.57. The number of nitrogens with zero attached hydrogens (tertiary/aromatic N) is 1. The van der Waals surface area contributed by atoms with Crippen molar-refractivity contribution in [2.75, 3.05) is 27.2 Å². The van der Waals surface area contributed by atoms with Gasteiger partial charge in [-0.2, -0.15) is 0 Å². The van der Waals surface area contributed by atoms with Crippen molar-refractivity contribution < 1.29 is 14.7 Å². The van der Waals surface area contributed by atoms with Crippen LogP contribution >= 0.6 is 0 Å². The fourth-order valence-electron chi connectivity index (χ4n) is 1.57. The number of nitrogens with one attached hydrogen (secondary N) is 1. The molecule has 2 N–H and O–H groups in total. The Morgan fingerprint density at radius 1 is 1.33 bits per heavy atom. The van der Waals surface area contributed by atoms with Crippen LogP contribution in [0, 0.1) is 11.8 Å². The minimum atomic E-state index is -0.229. The van der Waals surface area contributed by atoms with Gasteiger partial charge in [-0.15, -0.1) is 0 Å². The first kappa shape index (κ1) is 16.7. The lowest BCUT2D eigenvalue weighted by Crippen LogP contribution is -2.30. The van der Waals surface area contributed by atoms with Gasteiger partial charge in [0.1, 0.15) is 0 Å². The van der Waals surface area contributed by atoms with Crippen molar-refractivity contribution in [3.63, 3.8) is 0 Å². The molecule has 0 aliphatic heterocycles. The summed E-state index contributed by atoms with van der Waals surface area (Å²) in [4.78, 5) is 24.8. The molecular formula is C16H20N2O3. The SMILES string of the molecule is CN(C)C(=O)CCNC(=O)c1cccc(C#CCCO)c1. The van der Waals surface area contributed by atoms with Crippen molar-refractivity contribution in [2.24, 2.45) is 0 Å². The third-order valence-electron chi connectivity index (χ3n) is 2.72. The number of hydrogen-bond acceptors (Lipinski definition) is 3. The molecule has 0 atom stereocenters. The van der Waals surface area contributed by atoms with E-state index in [0.717, 1.165) is 5.56 Å². The molecule has 0 radical (unpaired) electrons. The molecule has 0 aliphatic carbocycles. The van der Waals surface area contributed by atoms with Crippen LogP contribution in [0.5, 0.6) is 0 Å². The molecule has 0 fully saturated rings. The molecule has 5 nitrogen and oxygen atoms in total. The van der Waals surface area contributed by atoms with E-state index < -0.39 is 0 Å². The second-order valence-corrected chi connectivity index (χ2v) is 4.65. The van der Waals surface area contributed by atoms with E-state index in [4.69, 9.17) is 5.11 Å². The van der Waals surface area contributed by atoms with Gasteiger partial charge < -0.3 is 15.3 Å². The summed E-state index contributed by atoms with van der Waals surface area (Å²) in [5.74, 6) is 5.43. The van der Waals surface area contributed by atoms with Gasteiger partial charge in [-0.25, -0.2) is 0 Å². The second-order valence-electron chi connectivity index (χ2n) is 4.65. The largest absolute Gasteiger partial charge is 0.395 e. The number of carbonyl (C=O) groups excluding carboxylic acids is 2. The lowest BCUT2D eigenvalue weighted by molar-refractivity contribution is -0.128. The summed E-state index contributed by atoms with van der Waals surface area (Å²) in [6.07, 6.45) is 0.678. The van der Waals surface area contributed by atoms with Gasteiger partial charge in [0.25, 0.3) is 5.91 Å². The van der Waals surface area contributed by atoms with Crippen LogP contribution in [0.1, 0.15) is 28.8 Å². The number of benzene rings is 1. The molecular weight excluding hydrogens is 268 g/mol. The summed E-state index contributed by atoms with van der Waals surface area (Å²) in [6.45, 7) is 0.323. The van der Waals surface area contributed by atoms with Crippen LogP contribution in [0.2, 0.25) is 0 Å². The molecule has 0 unspecified atom stereocenters. The molecule has 0 saturated carbocycles. The van der Waals surface area contributed by atoms with Crippen LogP contribution in [0.15, 0.2) is 24.3 Å². The number of aliphatic hydroxyl groups excluding tert-OH is 1. The van der Waals surface area contributed by atoms with Gasteiger partial charge >= 0.3 is 0 Å². The quantitative estimate of drug-likeness (QED) is 0.781. The molecule has 1 rings (SSSR count). The Balaban J connectivity index is 2.57. The number of hydrogen-bond donors (Lipinski definition) is 2. The van der Waals surface area contributed by atoms with E-state index in [2.05, 4.69) is 17.2 Å². The van der Waals surface area contributed by atoms with Crippen molar-refractivity contribution in [1.82, 2.24) is 10.2 Å². The minimum absolute atomic E-state index is 0.0209. The van der Waals surface area contributed by atoms with Crippen LogP contribution in [0.3, 0.4) is 0 Å². The minimum Gasteiger partial charge on any atom is -0.395 e. The lowest BCUT2D eigenvalue weighted by Gasteiger charge is -2.10. The summed E-state index contributed by atoms with van der Waals surface area (Å²) in [5.41, 5.74) is 1.23. The average molecular weight is 288 g/mol. The molecule has 0 bridgehead atoms. The fraction of sp³-hybridized carbons (Fsp3) is 0.375. The third kappa shape index (κ3) is 6.11. The van der Waals surface area contributed by atoms with Crippen LogP contribution < -0.4 is 5.32 Å². The lowest BCUT2D eigenvalue weighted by atomic mass is 10.1. The predicted molar refractivity (Wildman–Crippen MR) is 80.7 cm³/mol. The van der Waals surface area contributed by atoms with E-state index in [9.17, 15) is 9.59 Å². The monoisotopic (exact) mass is 288 g/mol. The van der Waals surface area contributed by atoms with Gasteiger partial charge in [0.05, 0.1) is 6.61 Å². The van der Waals surface area contributed by atoms with Crippen LogP contribution in [-0.2, 0) is 4.79 Å². The summed E-state index contributed by atoms with van der Waals surface area (Å²) >= 11 is 0. The molecule has 21 heavy (non-hydrogen) atoms. The number of carbonyl (C=O) groups is 2. The van der Waals surface area contributed by atoms with Crippen LogP contribution in [0.25, 0.3) is 0 Å². The molecule has 0 heterocycles. The Bertz CT molecular complexity index is 556. The van der Waals surface area contributed by atoms with Gasteiger partial charge in [-0.1, -0.05) is 17.9 Å². The van der Waals surface area contributed by atoms with Gasteiger partial charge in [-0.3, -0.25) is 9.59 Å². The molecule has 0 spiro atoms. The first-order valence-corrected chi connectivity index (χ1v) is 6.72. The smallest absolute Gasteiger partial charge is 0.251 e. The number of amides is 2. The van der Waals surface area contributed by atoms with E-state index in [1.54, 1.807) is 38.4 Å². The first-order valence-electron chi connectivity index (χ1n) is 6.72. The first-order chi connectivity index (χ1) is 10.0. The second kappa shape index (κ2) is 8.77. The molecule has 2 amide bonds. The standard InChI is InChI=1S/C16H20N2O3/c1-18(2)15(20)9-10-17-16(21)14-8-5-7-13(12-14)6-3-4-11-19/h5,7-8,12,19H,4,9-11H2,1-2H3,(H,17,21). The maximum Gasteiger partial charge on any atom is 0.251 e. The maximum atomic E-state index is 12.0. The highest BCUT2D eigenvalue weighted by Crippen LogP contribution is 2.04. The predicted octanol–water partition coefficient (Wildman–Crippen LogP) is 0.629. The zero-order valence-corrected chi connectivity index (χ0v) is 12.3. The van der Waals surface area contributed by atoms with Crippen molar-refractivity contribution in [2.45, 2.75) is 12.8 Å². The van der Waals surface area contributed by atoms with E-state index in [1.165, 1.54) is 4.90 Å². The summed E-state index contributed by atoms with van der Waals surface area (Å²) < 4.78 is 0. The van der Waals surface area contributed by atoms with Crippen molar-refractivity contribution in [3.05, 3.63) is 35.4 Å². The Morgan fingerprint density at radius 2 is 2.10 bits per heavy atom. The summed E-state index contributed by atoms with van der Waals surface area (Å²) in [5, 5.41) is 11.4. The normalized spacial score (nSPS) is 9.48. The van der Waals surface area contributed by atoms with Crippen LogP contribution in [0.4, 0.5) is 0 Å². The van der Waals surface area contributed by atoms with Gasteiger partial charge in [0.15, 0.2) is 0 Å². The third-order valence-corrected chi connectivity index (χ3v) is 2.72. The zero-order valence-electron chi connectivity index (χ0n) is 12.3. The number of rotatable bonds is 5. The molecule has 5 heteroatoms. The highest BCUT2D eigenvalue weighted by atomic mass is 16.2. The Labute approximate surface area is 125 Å².